The Hall–Kier alpha value is -1.62. The third-order valence-corrected chi connectivity index (χ3v) is 1.95. The second-order valence-corrected chi connectivity index (χ2v) is 3.02. The van der Waals surface area contributed by atoms with Gasteiger partial charge < -0.3 is 4.74 Å². The van der Waals surface area contributed by atoms with Crippen molar-refractivity contribution < 1.29 is 14.4 Å². The zero-order valence-electron chi connectivity index (χ0n) is 9.27. The molecule has 0 saturated heterocycles. The fraction of sp³-hybridized carbons (Fsp3) is 0.400. The number of pyridine rings is 1. The van der Waals surface area contributed by atoms with Gasteiger partial charge in [0.1, 0.15) is 0 Å². The van der Waals surface area contributed by atoms with Gasteiger partial charge in [-0.2, -0.15) is 0 Å². The first-order chi connectivity index (χ1) is 7.08. The standard InChI is InChI=1S/C10H14N2O3/c1-7-5-8(6-9(11-7)14-3)10(13)12(2)15-4/h5-6H,1-4H3. The van der Waals surface area contributed by atoms with Crippen molar-refractivity contribution in [2.24, 2.45) is 0 Å². The van der Waals surface area contributed by atoms with Crippen LogP contribution in [0.25, 0.3) is 0 Å². The Morgan fingerprint density at radius 1 is 1.40 bits per heavy atom. The lowest BCUT2D eigenvalue weighted by Gasteiger charge is -2.14. The zero-order chi connectivity index (χ0) is 11.4. The number of ether oxygens (including phenoxy) is 1. The first kappa shape index (κ1) is 11.5. The number of hydrogen-bond acceptors (Lipinski definition) is 4. The molecule has 0 aliphatic rings. The first-order valence-corrected chi connectivity index (χ1v) is 4.43. The molecule has 5 nitrogen and oxygen atoms in total. The molecule has 0 unspecified atom stereocenters. The number of aryl methyl sites for hydroxylation is 1. The van der Waals surface area contributed by atoms with Crippen molar-refractivity contribution in [3.05, 3.63) is 23.4 Å². The number of nitrogens with zero attached hydrogens (tertiary/aromatic N) is 2. The normalized spacial score (nSPS) is 9.87. The molecule has 0 saturated carbocycles. The molecule has 0 aliphatic carbocycles. The minimum atomic E-state index is -0.235. The topological polar surface area (TPSA) is 51.7 Å². The Morgan fingerprint density at radius 2 is 2.07 bits per heavy atom. The van der Waals surface area contributed by atoms with Gasteiger partial charge in [0.25, 0.3) is 5.91 Å². The van der Waals surface area contributed by atoms with E-state index >= 15 is 0 Å². The van der Waals surface area contributed by atoms with Gasteiger partial charge >= 0.3 is 0 Å². The average molecular weight is 210 g/mol. The summed E-state index contributed by atoms with van der Waals surface area (Å²) in [6.07, 6.45) is 0. The van der Waals surface area contributed by atoms with Crippen molar-refractivity contribution >= 4 is 5.91 Å². The van der Waals surface area contributed by atoms with Gasteiger partial charge in [0.2, 0.25) is 5.88 Å². The predicted molar refractivity (Wildman–Crippen MR) is 54.6 cm³/mol. The molecule has 1 heterocycles. The molecule has 0 spiro atoms. The van der Waals surface area contributed by atoms with E-state index in [1.54, 1.807) is 26.1 Å². The molecule has 5 heteroatoms. The maximum atomic E-state index is 11.7. The Kier molecular flexibility index (Phi) is 3.62. The molecule has 0 atom stereocenters. The third kappa shape index (κ3) is 2.66. The quantitative estimate of drug-likeness (QED) is 0.699. The Labute approximate surface area is 88.6 Å². The molecule has 82 valence electrons. The number of carbonyl (C=O) groups is 1. The highest BCUT2D eigenvalue weighted by Gasteiger charge is 2.13. The van der Waals surface area contributed by atoms with Crippen molar-refractivity contribution in [3.63, 3.8) is 0 Å². The van der Waals surface area contributed by atoms with E-state index in [4.69, 9.17) is 9.57 Å². The molecular formula is C10H14N2O3. The fourth-order valence-electron chi connectivity index (χ4n) is 1.13. The molecule has 1 aromatic heterocycles. The summed E-state index contributed by atoms with van der Waals surface area (Å²) in [4.78, 5) is 20.6. The SMILES string of the molecule is COc1cc(C(=O)N(C)OC)cc(C)n1. The molecule has 1 aromatic rings. The van der Waals surface area contributed by atoms with Gasteiger partial charge in [-0.1, -0.05) is 0 Å². The lowest BCUT2D eigenvalue weighted by molar-refractivity contribution is -0.0757. The van der Waals surface area contributed by atoms with E-state index in [1.165, 1.54) is 14.2 Å². The summed E-state index contributed by atoms with van der Waals surface area (Å²) in [5.41, 5.74) is 1.21. The number of methoxy groups -OCH3 is 1. The van der Waals surface area contributed by atoms with Crippen LogP contribution in [-0.4, -0.2) is 37.2 Å². The summed E-state index contributed by atoms with van der Waals surface area (Å²) in [7, 11) is 4.49. The van der Waals surface area contributed by atoms with Crippen LogP contribution in [0.4, 0.5) is 0 Å². The van der Waals surface area contributed by atoms with Crippen LogP contribution in [0.2, 0.25) is 0 Å². The summed E-state index contributed by atoms with van der Waals surface area (Å²) in [6.45, 7) is 1.80. The number of aromatic nitrogens is 1. The second-order valence-electron chi connectivity index (χ2n) is 3.02. The van der Waals surface area contributed by atoms with Crippen LogP contribution in [0.15, 0.2) is 12.1 Å². The molecule has 0 radical (unpaired) electrons. The molecule has 0 aromatic carbocycles. The molecule has 1 amide bonds. The van der Waals surface area contributed by atoms with E-state index in [1.807, 2.05) is 0 Å². The summed E-state index contributed by atoms with van der Waals surface area (Å²) in [5.74, 6) is 0.184. The van der Waals surface area contributed by atoms with Crippen LogP contribution in [0.1, 0.15) is 16.1 Å². The van der Waals surface area contributed by atoms with E-state index in [9.17, 15) is 4.79 Å². The highest BCUT2D eigenvalue weighted by molar-refractivity contribution is 5.93. The maximum absolute atomic E-state index is 11.7. The van der Waals surface area contributed by atoms with Crippen LogP contribution in [0.3, 0.4) is 0 Å². The van der Waals surface area contributed by atoms with Crippen LogP contribution in [-0.2, 0) is 4.84 Å². The average Bonchev–Trinajstić information content (AvgIpc) is 2.26. The summed E-state index contributed by atoms with van der Waals surface area (Å²) in [6, 6.07) is 3.26. The zero-order valence-corrected chi connectivity index (χ0v) is 9.27. The minimum Gasteiger partial charge on any atom is -0.481 e. The smallest absolute Gasteiger partial charge is 0.277 e. The van der Waals surface area contributed by atoms with Gasteiger partial charge in [0.05, 0.1) is 14.2 Å². The minimum absolute atomic E-state index is 0.235. The number of hydroxylamine groups is 2. The summed E-state index contributed by atoms with van der Waals surface area (Å²) < 4.78 is 4.98. The van der Waals surface area contributed by atoms with Crippen molar-refractivity contribution in [1.29, 1.82) is 0 Å². The van der Waals surface area contributed by atoms with E-state index in [0.717, 1.165) is 10.8 Å². The van der Waals surface area contributed by atoms with Gasteiger partial charge in [0, 0.05) is 24.4 Å². The second kappa shape index (κ2) is 4.75. The van der Waals surface area contributed by atoms with Crippen molar-refractivity contribution in [2.45, 2.75) is 6.92 Å². The largest absolute Gasteiger partial charge is 0.481 e. The van der Waals surface area contributed by atoms with Gasteiger partial charge in [0.15, 0.2) is 0 Å². The third-order valence-electron chi connectivity index (χ3n) is 1.95. The Balaban J connectivity index is 3.03. The Morgan fingerprint density at radius 3 is 2.60 bits per heavy atom. The molecule has 0 fully saturated rings. The molecule has 0 aliphatic heterocycles. The molecular weight excluding hydrogens is 196 g/mol. The lowest BCUT2D eigenvalue weighted by Crippen LogP contribution is -2.25. The lowest BCUT2D eigenvalue weighted by atomic mass is 10.2. The predicted octanol–water partition coefficient (Wildman–Crippen LogP) is 1.03. The van der Waals surface area contributed by atoms with Gasteiger partial charge in [-0.25, -0.2) is 10.0 Å². The number of carbonyl (C=O) groups excluding carboxylic acids is 1. The van der Waals surface area contributed by atoms with Crippen LogP contribution in [0.5, 0.6) is 5.88 Å². The van der Waals surface area contributed by atoms with Gasteiger partial charge in [-0.15, -0.1) is 0 Å². The molecule has 1 rings (SSSR count). The van der Waals surface area contributed by atoms with Crippen LogP contribution >= 0.6 is 0 Å². The number of hydrogen-bond donors (Lipinski definition) is 0. The van der Waals surface area contributed by atoms with Gasteiger partial charge in [-0.05, 0) is 13.0 Å². The van der Waals surface area contributed by atoms with Crippen molar-refractivity contribution in [2.75, 3.05) is 21.3 Å². The van der Waals surface area contributed by atoms with E-state index in [-0.39, 0.29) is 5.91 Å². The maximum Gasteiger partial charge on any atom is 0.277 e. The highest BCUT2D eigenvalue weighted by atomic mass is 16.7. The number of rotatable bonds is 3. The number of amides is 1. The summed E-state index contributed by atoms with van der Waals surface area (Å²) in [5, 5.41) is 1.15. The Bertz CT molecular complexity index is 366. The molecule has 15 heavy (non-hydrogen) atoms. The van der Waals surface area contributed by atoms with Crippen molar-refractivity contribution in [3.8, 4) is 5.88 Å². The van der Waals surface area contributed by atoms with E-state index < -0.39 is 0 Å². The van der Waals surface area contributed by atoms with Crippen molar-refractivity contribution in [1.82, 2.24) is 10.0 Å². The molecule has 0 N–H and O–H groups in total. The fourth-order valence-corrected chi connectivity index (χ4v) is 1.13. The highest BCUT2D eigenvalue weighted by Crippen LogP contribution is 2.13. The van der Waals surface area contributed by atoms with Gasteiger partial charge in [-0.3, -0.25) is 9.63 Å². The van der Waals surface area contributed by atoms with E-state index in [2.05, 4.69) is 4.98 Å². The summed E-state index contributed by atoms with van der Waals surface area (Å²) >= 11 is 0. The van der Waals surface area contributed by atoms with Crippen LogP contribution in [0, 0.1) is 6.92 Å². The monoisotopic (exact) mass is 210 g/mol. The van der Waals surface area contributed by atoms with E-state index in [0.29, 0.717) is 11.4 Å². The molecule has 0 bridgehead atoms. The van der Waals surface area contributed by atoms with Crippen LogP contribution < -0.4 is 4.74 Å². The first-order valence-electron chi connectivity index (χ1n) is 4.43.